The number of anilines is 1. The van der Waals surface area contributed by atoms with Crippen molar-refractivity contribution in [3.63, 3.8) is 0 Å². The summed E-state index contributed by atoms with van der Waals surface area (Å²) < 4.78 is 11.0. The van der Waals surface area contributed by atoms with Crippen LogP contribution in [0.4, 0.5) is 11.4 Å². The fourth-order valence-electron chi connectivity index (χ4n) is 4.78. The molecule has 156 valence electrons. The lowest BCUT2D eigenvalue weighted by atomic mass is 9.85. The number of methoxy groups -OCH3 is 1. The summed E-state index contributed by atoms with van der Waals surface area (Å²) in [4.78, 5) is 15.5. The first-order chi connectivity index (χ1) is 15.1. The minimum Gasteiger partial charge on any atom is -0.492 e. The summed E-state index contributed by atoms with van der Waals surface area (Å²) in [6.07, 6.45) is 5.66. The zero-order valence-corrected chi connectivity index (χ0v) is 17.6. The SMILES string of the molecule is [C-]#[N+]c1ccc(N2N=C3c4ccc(C(=O)OC)cc4OCC3C2C2=CCCC2)cc1C. The van der Waals surface area contributed by atoms with Crippen LogP contribution in [0.3, 0.4) is 0 Å². The number of carbonyl (C=O) groups is 1. The maximum Gasteiger partial charge on any atom is 0.337 e. The summed E-state index contributed by atoms with van der Waals surface area (Å²) in [6, 6.07) is 11.4. The molecular formula is C25H23N3O3. The van der Waals surface area contributed by atoms with Gasteiger partial charge in [0.2, 0.25) is 0 Å². The molecule has 2 unspecified atom stereocenters. The molecule has 2 atom stereocenters. The second-order valence-electron chi connectivity index (χ2n) is 8.15. The summed E-state index contributed by atoms with van der Waals surface area (Å²) in [5, 5.41) is 7.18. The van der Waals surface area contributed by atoms with Crippen LogP contribution >= 0.6 is 0 Å². The molecule has 2 aliphatic heterocycles. The molecule has 6 nitrogen and oxygen atoms in total. The van der Waals surface area contributed by atoms with Crippen LogP contribution in [0.25, 0.3) is 4.85 Å². The summed E-state index contributed by atoms with van der Waals surface area (Å²) in [5.41, 5.74) is 6.36. The molecule has 6 heteroatoms. The number of allylic oxidation sites excluding steroid dienone is 1. The Hall–Kier alpha value is -3.59. The Morgan fingerprint density at radius 2 is 2.16 bits per heavy atom. The van der Waals surface area contributed by atoms with Gasteiger partial charge in [-0.3, -0.25) is 5.01 Å². The van der Waals surface area contributed by atoms with Gasteiger partial charge in [-0.05, 0) is 67.7 Å². The number of aryl methyl sites for hydroxylation is 1. The van der Waals surface area contributed by atoms with E-state index in [0.717, 1.165) is 41.8 Å². The van der Waals surface area contributed by atoms with E-state index < -0.39 is 0 Å². The van der Waals surface area contributed by atoms with Crippen molar-refractivity contribution in [2.45, 2.75) is 32.2 Å². The summed E-state index contributed by atoms with van der Waals surface area (Å²) in [5.74, 6) is 0.396. The highest BCUT2D eigenvalue weighted by atomic mass is 16.5. The smallest absolute Gasteiger partial charge is 0.337 e. The Bertz CT molecular complexity index is 1180. The van der Waals surface area contributed by atoms with Gasteiger partial charge < -0.3 is 9.47 Å². The number of fused-ring (bicyclic) bond motifs is 3. The number of benzene rings is 2. The third kappa shape index (κ3) is 3.17. The quantitative estimate of drug-likeness (QED) is 0.402. The second-order valence-corrected chi connectivity index (χ2v) is 8.15. The first-order valence-electron chi connectivity index (χ1n) is 10.5. The van der Waals surface area contributed by atoms with Gasteiger partial charge in [-0.2, -0.15) is 5.10 Å². The van der Waals surface area contributed by atoms with Crippen molar-refractivity contribution < 1.29 is 14.3 Å². The van der Waals surface area contributed by atoms with E-state index in [0.29, 0.717) is 23.6 Å². The van der Waals surface area contributed by atoms with Crippen LogP contribution in [-0.4, -0.2) is 31.4 Å². The normalized spacial score (nSPS) is 21.4. The zero-order valence-electron chi connectivity index (χ0n) is 17.6. The van der Waals surface area contributed by atoms with Crippen molar-refractivity contribution in [1.29, 1.82) is 0 Å². The number of carbonyl (C=O) groups excluding carboxylic acids is 1. The molecule has 1 aliphatic carbocycles. The number of hydrogen-bond donors (Lipinski definition) is 0. The van der Waals surface area contributed by atoms with Crippen LogP contribution in [-0.2, 0) is 4.74 Å². The Kier molecular flexibility index (Phi) is 4.74. The van der Waals surface area contributed by atoms with Crippen molar-refractivity contribution >= 4 is 23.1 Å². The molecule has 0 saturated carbocycles. The van der Waals surface area contributed by atoms with E-state index in [1.165, 1.54) is 12.7 Å². The van der Waals surface area contributed by atoms with Crippen LogP contribution in [0.2, 0.25) is 0 Å². The molecule has 2 heterocycles. The lowest BCUT2D eigenvalue weighted by molar-refractivity contribution is 0.0600. The lowest BCUT2D eigenvalue weighted by Gasteiger charge is -2.31. The standard InChI is InChI=1S/C25H23N3O3/c1-15-12-18(9-11-21(15)26-2)28-24(16-6-4-5-7-16)20-14-31-22-13-17(25(29)30-3)8-10-19(22)23(20)27-28/h6,8-13,20,24H,4-5,7,14H2,1,3H3. The van der Waals surface area contributed by atoms with E-state index in [1.54, 1.807) is 12.1 Å². The molecule has 0 radical (unpaired) electrons. The summed E-state index contributed by atoms with van der Waals surface area (Å²) >= 11 is 0. The minimum absolute atomic E-state index is 0.101. The van der Waals surface area contributed by atoms with E-state index in [-0.39, 0.29) is 17.9 Å². The van der Waals surface area contributed by atoms with Crippen molar-refractivity contribution in [2.24, 2.45) is 11.0 Å². The van der Waals surface area contributed by atoms with Gasteiger partial charge in [0.15, 0.2) is 5.69 Å². The molecule has 0 fully saturated rings. The van der Waals surface area contributed by atoms with Gasteiger partial charge in [-0.15, -0.1) is 0 Å². The third-order valence-electron chi connectivity index (χ3n) is 6.33. The highest BCUT2D eigenvalue weighted by molar-refractivity contribution is 6.09. The fraction of sp³-hybridized carbons (Fsp3) is 0.320. The largest absolute Gasteiger partial charge is 0.492 e. The molecular weight excluding hydrogens is 390 g/mol. The number of ether oxygens (including phenoxy) is 2. The molecule has 3 aliphatic rings. The first kappa shape index (κ1) is 19.4. The van der Waals surface area contributed by atoms with Crippen molar-refractivity contribution in [3.8, 4) is 5.75 Å². The second kappa shape index (κ2) is 7.59. The highest BCUT2D eigenvalue weighted by Gasteiger charge is 2.44. The molecule has 31 heavy (non-hydrogen) atoms. The van der Waals surface area contributed by atoms with Crippen LogP contribution < -0.4 is 9.75 Å². The van der Waals surface area contributed by atoms with Crippen LogP contribution in [0.1, 0.15) is 40.7 Å². The predicted molar refractivity (Wildman–Crippen MR) is 119 cm³/mol. The Labute approximate surface area is 181 Å². The molecule has 2 aromatic carbocycles. The Balaban J connectivity index is 1.59. The predicted octanol–water partition coefficient (Wildman–Crippen LogP) is 5.04. The van der Waals surface area contributed by atoms with E-state index in [1.807, 2.05) is 31.2 Å². The fourth-order valence-corrected chi connectivity index (χ4v) is 4.78. The van der Waals surface area contributed by atoms with Crippen molar-refractivity contribution in [1.82, 2.24) is 0 Å². The molecule has 0 aromatic heterocycles. The van der Waals surface area contributed by atoms with Gasteiger partial charge in [0.1, 0.15) is 5.75 Å². The lowest BCUT2D eigenvalue weighted by Crippen LogP contribution is -2.40. The van der Waals surface area contributed by atoms with E-state index >= 15 is 0 Å². The third-order valence-corrected chi connectivity index (χ3v) is 6.33. The molecule has 2 aromatic rings. The molecule has 0 spiro atoms. The number of rotatable bonds is 3. The summed E-state index contributed by atoms with van der Waals surface area (Å²) in [6.45, 7) is 9.81. The van der Waals surface area contributed by atoms with Crippen LogP contribution in [0.5, 0.6) is 5.75 Å². The molecule has 0 amide bonds. The molecule has 5 rings (SSSR count). The van der Waals surface area contributed by atoms with Crippen LogP contribution in [0.15, 0.2) is 53.1 Å². The van der Waals surface area contributed by atoms with Gasteiger partial charge in [0.05, 0.1) is 49.2 Å². The molecule has 0 N–H and O–H groups in total. The van der Waals surface area contributed by atoms with E-state index in [4.69, 9.17) is 21.1 Å². The average molecular weight is 413 g/mol. The number of hydrogen-bond acceptors (Lipinski definition) is 5. The van der Waals surface area contributed by atoms with Gasteiger partial charge in [-0.25, -0.2) is 9.64 Å². The number of nitrogens with zero attached hydrogens (tertiary/aromatic N) is 3. The maximum atomic E-state index is 11.9. The Morgan fingerprint density at radius 3 is 2.87 bits per heavy atom. The van der Waals surface area contributed by atoms with Crippen molar-refractivity contribution in [2.75, 3.05) is 18.7 Å². The van der Waals surface area contributed by atoms with Gasteiger partial charge in [0, 0.05) is 5.56 Å². The van der Waals surface area contributed by atoms with Gasteiger partial charge >= 0.3 is 5.97 Å². The van der Waals surface area contributed by atoms with Crippen molar-refractivity contribution in [3.05, 3.63) is 76.2 Å². The monoisotopic (exact) mass is 413 g/mol. The first-order valence-corrected chi connectivity index (χ1v) is 10.5. The molecule has 0 saturated heterocycles. The Morgan fingerprint density at radius 1 is 1.29 bits per heavy atom. The number of esters is 1. The maximum absolute atomic E-state index is 11.9. The van der Waals surface area contributed by atoms with Gasteiger partial charge in [-0.1, -0.05) is 12.1 Å². The topological polar surface area (TPSA) is 55.5 Å². The minimum atomic E-state index is -0.382. The highest BCUT2D eigenvalue weighted by Crippen LogP contribution is 2.43. The van der Waals surface area contributed by atoms with E-state index in [9.17, 15) is 4.79 Å². The van der Waals surface area contributed by atoms with E-state index in [2.05, 4.69) is 15.9 Å². The zero-order chi connectivity index (χ0) is 21.5. The molecule has 0 bridgehead atoms. The van der Waals surface area contributed by atoms with Crippen LogP contribution in [0, 0.1) is 19.4 Å². The summed E-state index contributed by atoms with van der Waals surface area (Å²) in [7, 11) is 1.37. The number of hydrazone groups is 1. The van der Waals surface area contributed by atoms with Gasteiger partial charge in [0.25, 0.3) is 0 Å². The average Bonchev–Trinajstić information content (AvgIpc) is 3.45.